The van der Waals surface area contributed by atoms with E-state index in [1.54, 1.807) is 0 Å². The molecule has 0 fully saturated rings. The maximum atomic E-state index is 13.7. The zero-order valence-corrected chi connectivity index (χ0v) is 14.6. The lowest BCUT2D eigenvalue weighted by Gasteiger charge is -2.09. The SMILES string of the molecule is CCS(=O)(=O)c1ccc(CC(=O)Nc2cc(F)c(B(O)O)c(F)c2)cc1. The lowest BCUT2D eigenvalue weighted by atomic mass is 9.79. The predicted molar refractivity (Wildman–Crippen MR) is 92.7 cm³/mol. The van der Waals surface area contributed by atoms with Gasteiger partial charge in [-0.2, -0.15) is 0 Å². The molecule has 0 radical (unpaired) electrons. The van der Waals surface area contributed by atoms with Crippen LogP contribution < -0.4 is 10.8 Å². The van der Waals surface area contributed by atoms with Gasteiger partial charge >= 0.3 is 7.12 Å². The van der Waals surface area contributed by atoms with Crippen molar-refractivity contribution in [2.75, 3.05) is 11.1 Å². The number of nitrogens with one attached hydrogen (secondary N) is 1. The van der Waals surface area contributed by atoms with E-state index in [0.717, 1.165) is 12.1 Å². The fourth-order valence-electron chi connectivity index (χ4n) is 2.28. The van der Waals surface area contributed by atoms with Crippen LogP contribution in [0.25, 0.3) is 0 Å². The second kappa shape index (κ2) is 7.94. The average Bonchev–Trinajstić information content (AvgIpc) is 2.54. The predicted octanol–water partition coefficient (Wildman–Crippen LogP) is 0.619. The van der Waals surface area contributed by atoms with Gasteiger partial charge in [-0.25, -0.2) is 17.2 Å². The van der Waals surface area contributed by atoms with Gasteiger partial charge in [-0.15, -0.1) is 0 Å². The summed E-state index contributed by atoms with van der Waals surface area (Å²) < 4.78 is 50.8. The second-order valence-corrected chi connectivity index (χ2v) is 7.78. The quantitative estimate of drug-likeness (QED) is 0.635. The fourth-order valence-corrected chi connectivity index (χ4v) is 3.16. The normalized spacial score (nSPS) is 11.3. The Morgan fingerprint density at radius 2 is 1.65 bits per heavy atom. The number of anilines is 1. The second-order valence-electron chi connectivity index (χ2n) is 5.50. The minimum Gasteiger partial charge on any atom is -0.423 e. The number of carbonyl (C=O) groups excluding carboxylic acids is 1. The first-order chi connectivity index (χ1) is 12.1. The summed E-state index contributed by atoms with van der Waals surface area (Å²) in [7, 11) is -5.65. The van der Waals surface area contributed by atoms with E-state index in [0.29, 0.717) is 5.56 Å². The van der Waals surface area contributed by atoms with Crippen molar-refractivity contribution < 1.29 is 32.0 Å². The highest BCUT2D eigenvalue weighted by molar-refractivity contribution is 7.91. The van der Waals surface area contributed by atoms with Crippen molar-refractivity contribution in [3.63, 3.8) is 0 Å². The molecule has 0 bridgehead atoms. The van der Waals surface area contributed by atoms with E-state index in [4.69, 9.17) is 10.0 Å². The van der Waals surface area contributed by atoms with Crippen LogP contribution in [0.5, 0.6) is 0 Å². The summed E-state index contributed by atoms with van der Waals surface area (Å²) in [4.78, 5) is 12.1. The highest BCUT2D eigenvalue weighted by atomic mass is 32.2. The third kappa shape index (κ3) is 4.66. The molecule has 0 atom stereocenters. The molecule has 0 aliphatic carbocycles. The third-order valence-corrected chi connectivity index (χ3v) is 5.40. The molecule has 0 heterocycles. The molecule has 26 heavy (non-hydrogen) atoms. The molecule has 2 rings (SSSR count). The largest absolute Gasteiger partial charge is 0.494 e. The Hall–Kier alpha value is -2.30. The average molecular weight is 383 g/mol. The number of sulfone groups is 1. The van der Waals surface area contributed by atoms with Gasteiger partial charge in [0.05, 0.1) is 22.5 Å². The van der Waals surface area contributed by atoms with Crippen LogP contribution >= 0.6 is 0 Å². The van der Waals surface area contributed by atoms with Crippen molar-refractivity contribution in [3.05, 3.63) is 53.6 Å². The van der Waals surface area contributed by atoms with Crippen molar-refractivity contribution in [1.29, 1.82) is 0 Å². The molecule has 0 aliphatic heterocycles. The van der Waals surface area contributed by atoms with E-state index in [-0.39, 0.29) is 22.8 Å². The van der Waals surface area contributed by atoms with Gasteiger partial charge in [0, 0.05) is 5.69 Å². The summed E-state index contributed by atoms with van der Waals surface area (Å²) in [6, 6.07) is 7.28. The van der Waals surface area contributed by atoms with Crippen molar-refractivity contribution in [2.45, 2.75) is 18.2 Å². The number of hydrogen-bond donors (Lipinski definition) is 3. The van der Waals surface area contributed by atoms with Gasteiger partial charge in [0.25, 0.3) is 0 Å². The lowest BCUT2D eigenvalue weighted by Crippen LogP contribution is -2.35. The van der Waals surface area contributed by atoms with Gasteiger partial charge in [-0.3, -0.25) is 4.79 Å². The molecular formula is C16H16BF2NO5S. The number of hydrogen-bond acceptors (Lipinski definition) is 5. The van der Waals surface area contributed by atoms with Crippen LogP contribution in [-0.2, 0) is 21.1 Å². The number of rotatable bonds is 6. The Morgan fingerprint density at radius 1 is 1.12 bits per heavy atom. The number of carbonyl (C=O) groups is 1. The molecule has 10 heteroatoms. The third-order valence-electron chi connectivity index (χ3n) is 3.65. The van der Waals surface area contributed by atoms with Crippen LogP contribution in [0.2, 0.25) is 0 Å². The van der Waals surface area contributed by atoms with E-state index in [1.807, 2.05) is 0 Å². The van der Waals surface area contributed by atoms with Crippen LogP contribution in [0.15, 0.2) is 41.3 Å². The molecule has 2 aromatic rings. The maximum absolute atomic E-state index is 13.7. The highest BCUT2D eigenvalue weighted by Gasteiger charge is 2.23. The van der Waals surface area contributed by atoms with Crippen LogP contribution in [0.1, 0.15) is 12.5 Å². The summed E-state index contributed by atoms with van der Waals surface area (Å²) in [5, 5.41) is 20.1. The number of amides is 1. The van der Waals surface area contributed by atoms with E-state index in [1.165, 1.54) is 31.2 Å². The summed E-state index contributed by atoms with van der Waals surface area (Å²) in [5.74, 6) is -3.02. The minimum absolute atomic E-state index is 0.0392. The van der Waals surface area contributed by atoms with Gasteiger partial charge in [-0.1, -0.05) is 19.1 Å². The Bertz CT molecular complexity index is 894. The van der Waals surface area contributed by atoms with Gasteiger partial charge < -0.3 is 15.4 Å². The van der Waals surface area contributed by atoms with Gasteiger partial charge in [0.1, 0.15) is 11.6 Å². The molecule has 6 nitrogen and oxygen atoms in total. The molecule has 0 spiro atoms. The van der Waals surface area contributed by atoms with Crippen LogP contribution in [0, 0.1) is 11.6 Å². The molecule has 1 amide bonds. The zero-order valence-electron chi connectivity index (χ0n) is 13.7. The van der Waals surface area contributed by atoms with Crippen molar-refractivity contribution in [3.8, 4) is 0 Å². The fraction of sp³-hybridized carbons (Fsp3) is 0.188. The molecule has 0 unspecified atom stereocenters. The standard InChI is InChI=1S/C16H16BF2NO5S/c1-2-26(24,25)12-5-3-10(4-6-12)7-15(21)20-11-8-13(18)16(17(22)23)14(19)9-11/h3-6,8-9,22-23H,2,7H2,1H3,(H,20,21). The Labute approximate surface area is 149 Å². The molecule has 0 saturated carbocycles. The monoisotopic (exact) mass is 383 g/mol. The van der Waals surface area contributed by atoms with Crippen LogP contribution in [-0.4, -0.2) is 37.2 Å². The van der Waals surface area contributed by atoms with Crippen molar-refractivity contribution in [1.82, 2.24) is 0 Å². The van der Waals surface area contributed by atoms with E-state index >= 15 is 0 Å². The maximum Gasteiger partial charge on any atom is 0.494 e. The Balaban J connectivity index is 2.10. The minimum atomic E-state index is -3.34. The molecular weight excluding hydrogens is 367 g/mol. The van der Waals surface area contributed by atoms with Crippen LogP contribution in [0.4, 0.5) is 14.5 Å². The lowest BCUT2D eigenvalue weighted by molar-refractivity contribution is -0.115. The van der Waals surface area contributed by atoms with Crippen molar-refractivity contribution in [2.24, 2.45) is 0 Å². The summed E-state index contributed by atoms with van der Waals surface area (Å²) in [6.45, 7) is 1.52. The number of benzene rings is 2. The first-order valence-corrected chi connectivity index (χ1v) is 9.26. The Morgan fingerprint density at radius 3 is 2.12 bits per heavy atom. The smallest absolute Gasteiger partial charge is 0.423 e. The summed E-state index contributed by atoms with van der Waals surface area (Å²) in [5.41, 5.74) is -0.573. The van der Waals surface area contributed by atoms with Gasteiger partial charge in [-0.05, 0) is 29.8 Å². The van der Waals surface area contributed by atoms with Crippen LogP contribution in [0.3, 0.4) is 0 Å². The Kier molecular flexibility index (Phi) is 6.11. The molecule has 138 valence electrons. The molecule has 2 aromatic carbocycles. The zero-order chi connectivity index (χ0) is 19.5. The first-order valence-electron chi connectivity index (χ1n) is 7.60. The van der Waals surface area contributed by atoms with Crippen molar-refractivity contribution >= 4 is 34.0 Å². The van der Waals surface area contributed by atoms with Gasteiger partial charge in [0.2, 0.25) is 5.91 Å². The van der Waals surface area contributed by atoms with Gasteiger partial charge in [0.15, 0.2) is 9.84 Å². The molecule has 0 saturated heterocycles. The molecule has 0 aromatic heterocycles. The van der Waals surface area contributed by atoms with E-state index in [2.05, 4.69) is 5.32 Å². The topological polar surface area (TPSA) is 104 Å². The van der Waals surface area contributed by atoms with E-state index < -0.39 is 40.0 Å². The highest BCUT2D eigenvalue weighted by Crippen LogP contribution is 2.15. The molecule has 3 N–H and O–H groups in total. The summed E-state index contributed by atoms with van der Waals surface area (Å²) in [6.07, 6.45) is -0.139. The van der Waals surface area contributed by atoms with E-state index in [9.17, 15) is 22.0 Å². The summed E-state index contributed by atoms with van der Waals surface area (Å²) >= 11 is 0. The molecule has 0 aliphatic rings. The number of halogens is 2. The first kappa shape index (κ1) is 20.0.